The van der Waals surface area contributed by atoms with Crippen molar-refractivity contribution in [2.24, 2.45) is 4.99 Å². The maximum Gasteiger partial charge on any atom is 0.279 e. The van der Waals surface area contributed by atoms with Gasteiger partial charge in [-0.05, 0) is 43.3 Å². The summed E-state index contributed by atoms with van der Waals surface area (Å²) >= 11 is 1.53. The first-order valence-corrected chi connectivity index (χ1v) is 7.86. The van der Waals surface area contributed by atoms with E-state index in [2.05, 4.69) is 16.5 Å². The number of aromatic nitrogens is 1. The summed E-state index contributed by atoms with van der Waals surface area (Å²) < 4.78 is 8.29. The van der Waals surface area contributed by atoms with E-state index in [1.54, 1.807) is 31.4 Å². The van der Waals surface area contributed by atoms with E-state index in [4.69, 9.17) is 4.74 Å². The predicted molar refractivity (Wildman–Crippen MR) is 88.4 cm³/mol. The summed E-state index contributed by atoms with van der Waals surface area (Å²) in [6.45, 7) is 2.83. The number of aryl methyl sites for hydroxylation is 1. The third kappa shape index (κ3) is 2.67. The molecule has 22 heavy (non-hydrogen) atoms. The van der Waals surface area contributed by atoms with E-state index < -0.39 is 0 Å². The highest BCUT2D eigenvalue weighted by atomic mass is 32.1. The first-order valence-electron chi connectivity index (χ1n) is 7.04. The Kier molecular flexibility index (Phi) is 4.06. The number of carbonyl (C=O) groups excluding carboxylic acids is 1. The lowest BCUT2D eigenvalue weighted by atomic mass is 10.2. The lowest BCUT2D eigenvalue weighted by Crippen LogP contribution is -2.15. The van der Waals surface area contributed by atoms with Crippen LogP contribution in [0.5, 0.6) is 5.75 Å². The number of amides is 1. The molecule has 3 aromatic rings. The van der Waals surface area contributed by atoms with Gasteiger partial charge in [0.05, 0.1) is 17.3 Å². The quantitative estimate of drug-likeness (QED) is 0.743. The lowest BCUT2D eigenvalue weighted by molar-refractivity contribution is 0.0998. The number of para-hydroxylation sites is 1. The number of thiazole rings is 1. The van der Waals surface area contributed by atoms with E-state index in [0.717, 1.165) is 27.3 Å². The first-order chi connectivity index (χ1) is 10.7. The Labute approximate surface area is 132 Å². The van der Waals surface area contributed by atoms with Gasteiger partial charge in [0.15, 0.2) is 4.80 Å². The summed E-state index contributed by atoms with van der Waals surface area (Å²) in [6.07, 6.45) is 0. The monoisotopic (exact) mass is 312 g/mol. The molecule has 0 fully saturated rings. The zero-order valence-corrected chi connectivity index (χ0v) is 13.3. The molecule has 1 aromatic heterocycles. The highest BCUT2D eigenvalue weighted by Gasteiger charge is 2.08. The van der Waals surface area contributed by atoms with E-state index in [1.807, 2.05) is 24.3 Å². The summed E-state index contributed by atoms with van der Waals surface area (Å²) in [5.74, 6) is 0.485. The van der Waals surface area contributed by atoms with Crippen LogP contribution < -0.4 is 9.54 Å². The number of carbonyl (C=O) groups is 1. The highest BCUT2D eigenvalue weighted by Crippen LogP contribution is 2.17. The molecule has 112 valence electrons. The number of hydrogen-bond donors (Lipinski definition) is 0. The van der Waals surface area contributed by atoms with Crippen molar-refractivity contribution < 1.29 is 9.53 Å². The van der Waals surface area contributed by atoms with Crippen LogP contribution in [-0.2, 0) is 6.54 Å². The average molecular weight is 312 g/mol. The Morgan fingerprint density at radius 3 is 2.59 bits per heavy atom. The number of fused-ring (bicyclic) bond motifs is 1. The molecule has 0 spiro atoms. The SMILES string of the molecule is CCn1c(=NC(=O)c2ccc(OC)cc2)sc2ccccc21. The second-order valence-electron chi connectivity index (χ2n) is 4.74. The zero-order chi connectivity index (χ0) is 15.5. The van der Waals surface area contributed by atoms with Crippen LogP contribution in [0.2, 0.25) is 0 Å². The van der Waals surface area contributed by atoms with E-state index in [-0.39, 0.29) is 5.91 Å². The van der Waals surface area contributed by atoms with Gasteiger partial charge in [-0.15, -0.1) is 0 Å². The summed E-state index contributed by atoms with van der Waals surface area (Å²) in [6, 6.07) is 15.1. The molecule has 0 bridgehead atoms. The molecule has 0 saturated heterocycles. The summed E-state index contributed by atoms with van der Waals surface area (Å²) in [4.78, 5) is 17.4. The summed E-state index contributed by atoms with van der Waals surface area (Å²) in [7, 11) is 1.60. The molecule has 0 atom stereocenters. The minimum absolute atomic E-state index is 0.239. The minimum Gasteiger partial charge on any atom is -0.497 e. The molecular weight excluding hydrogens is 296 g/mol. The largest absolute Gasteiger partial charge is 0.497 e. The molecule has 0 N–H and O–H groups in total. The third-order valence-corrected chi connectivity index (χ3v) is 4.50. The van der Waals surface area contributed by atoms with E-state index in [9.17, 15) is 4.79 Å². The van der Waals surface area contributed by atoms with E-state index in [0.29, 0.717) is 5.56 Å². The van der Waals surface area contributed by atoms with Gasteiger partial charge in [-0.25, -0.2) is 0 Å². The van der Waals surface area contributed by atoms with Gasteiger partial charge in [0, 0.05) is 12.1 Å². The molecule has 0 radical (unpaired) electrons. The van der Waals surface area contributed by atoms with Crippen molar-refractivity contribution >= 4 is 27.5 Å². The van der Waals surface area contributed by atoms with Crippen LogP contribution in [-0.4, -0.2) is 17.6 Å². The lowest BCUT2D eigenvalue weighted by Gasteiger charge is -2.01. The fraction of sp³-hybridized carbons (Fsp3) is 0.176. The molecule has 3 rings (SSSR count). The molecule has 0 aliphatic carbocycles. The van der Waals surface area contributed by atoms with Crippen LogP contribution in [0.1, 0.15) is 17.3 Å². The first kappa shape index (κ1) is 14.5. The van der Waals surface area contributed by atoms with Crippen molar-refractivity contribution in [1.82, 2.24) is 4.57 Å². The second kappa shape index (κ2) is 6.15. The van der Waals surface area contributed by atoms with Crippen molar-refractivity contribution in [2.75, 3.05) is 7.11 Å². The molecule has 1 heterocycles. The molecule has 5 heteroatoms. The minimum atomic E-state index is -0.239. The fourth-order valence-electron chi connectivity index (χ4n) is 2.30. The number of benzene rings is 2. The van der Waals surface area contributed by atoms with E-state index >= 15 is 0 Å². The smallest absolute Gasteiger partial charge is 0.279 e. The van der Waals surface area contributed by atoms with Crippen molar-refractivity contribution in [3.8, 4) is 5.75 Å². The molecule has 0 saturated carbocycles. The van der Waals surface area contributed by atoms with Gasteiger partial charge in [0.25, 0.3) is 5.91 Å². The Morgan fingerprint density at radius 2 is 1.91 bits per heavy atom. The molecule has 1 amide bonds. The maximum atomic E-state index is 12.3. The normalized spacial score (nSPS) is 11.8. The number of ether oxygens (including phenoxy) is 1. The molecule has 0 unspecified atom stereocenters. The van der Waals surface area contributed by atoms with Crippen molar-refractivity contribution in [2.45, 2.75) is 13.5 Å². The Bertz CT molecular complexity index is 876. The van der Waals surface area contributed by atoms with Crippen molar-refractivity contribution in [3.63, 3.8) is 0 Å². The van der Waals surface area contributed by atoms with Crippen LogP contribution >= 0.6 is 11.3 Å². The molecule has 0 aliphatic rings. The van der Waals surface area contributed by atoms with Crippen LogP contribution in [0.25, 0.3) is 10.2 Å². The molecule has 2 aromatic carbocycles. The fourth-order valence-corrected chi connectivity index (χ4v) is 3.39. The Morgan fingerprint density at radius 1 is 1.18 bits per heavy atom. The van der Waals surface area contributed by atoms with Gasteiger partial charge in [-0.3, -0.25) is 4.79 Å². The molecule has 0 aliphatic heterocycles. The maximum absolute atomic E-state index is 12.3. The Hall–Kier alpha value is -2.40. The topological polar surface area (TPSA) is 43.6 Å². The number of rotatable bonds is 3. The van der Waals surface area contributed by atoms with Gasteiger partial charge in [0.1, 0.15) is 5.75 Å². The Balaban J connectivity index is 2.05. The van der Waals surface area contributed by atoms with Crippen molar-refractivity contribution in [1.29, 1.82) is 0 Å². The summed E-state index contributed by atoms with van der Waals surface area (Å²) in [5, 5.41) is 0. The van der Waals surface area contributed by atoms with Gasteiger partial charge >= 0.3 is 0 Å². The van der Waals surface area contributed by atoms with E-state index in [1.165, 1.54) is 11.3 Å². The second-order valence-corrected chi connectivity index (χ2v) is 5.75. The predicted octanol–water partition coefficient (Wildman–Crippen LogP) is 3.47. The van der Waals surface area contributed by atoms with Crippen molar-refractivity contribution in [3.05, 3.63) is 58.9 Å². The van der Waals surface area contributed by atoms with Gasteiger partial charge in [-0.1, -0.05) is 23.5 Å². The molecular formula is C17H16N2O2S. The van der Waals surface area contributed by atoms with Gasteiger partial charge < -0.3 is 9.30 Å². The standard InChI is InChI=1S/C17H16N2O2S/c1-3-19-14-6-4-5-7-15(14)22-17(19)18-16(20)12-8-10-13(21-2)11-9-12/h4-11H,3H2,1-2H3. The van der Waals surface area contributed by atoms with Crippen LogP contribution in [0.4, 0.5) is 0 Å². The number of hydrogen-bond acceptors (Lipinski definition) is 3. The van der Waals surface area contributed by atoms with Crippen LogP contribution in [0.3, 0.4) is 0 Å². The zero-order valence-electron chi connectivity index (χ0n) is 12.4. The summed E-state index contributed by atoms with van der Waals surface area (Å²) in [5.41, 5.74) is 1.66. The third-order valence-electron chi connectivity index (χ3n) is 3.44. The van der Waals surface area contributed by atoms with Gasteiger partial charge in [0.2, 0.25) is 0 Å². The number of nitrogens with zero attached hydrogens (tertiary/aromatic N) is 2. The highest BCUT2D eigenvalue weighted by molar-refractivity contribution is 7.16. The van der Waals surface area contributed by atoms with Crippen LogP contribution in [0, 0.1) is 0 Å². The molecule has 4 nitrogen and oxygen atoms in total. The average Bonchev–Trinajstić information content (AvgIpc) is 2.91. The van der Waals surface area contributed by atoms with Crippen LogP contribution in [0.15, 0.2) is 53.5 Å². The number of methoxy groups -OCH3 is 1. The van der Waals surface area contributed by atoms with Gasteiger partial charge in [-0.2, -0.15) is 4.99 Å².